The molecule has 0 radical (unpaired) electrons. The molecule has 1 fully saturated rings. The molecule has 0 aromatic heterocycles. The van der Waals surface area contributed by atoms with Gasteiger partial charge in [-0.05, 0) is 36.7 Å². The molecule has 1 heteroatoms. The molecule has 1 nitrogen and oxygen atoms in total. The van der Waals surface area contributed by atoms with E-state index in [2.05, 4.69) is 24.3 Å². The van der Waals surface area contributed by atoms with Gasteiger partial charge < -0.3 is 0 Å². The Bertz CT molecular complexity index is 528. The third kappa shape index (κ3) is 1.12. The van der Waals surface area contributed by atoms with Crippen molar-refractivity contribution >= 4 is 5.78 Å². The summed E-state index contributed by atoms with van der Waals surface area (Å²) in [6.45, 7) is 0. The standard InChI is InChI=1S/C16H16O/c17-15-7-8-16(10-11-5-6-12(16)9-11)14-4-2-1-3-13(14)15/h1-6,11-12H,7-10H2. The van der Waals surface area contributed by atoms with Crippen molar-refractivity contribution in [2.75, 3.05) is 0 Å². The van der Waals surface area contributed by atoms with Gasteiger partial charge in [-0.2, -0.15) is 0 Å². The summed E-state index contributed by atoms with van der Waals surface area (Å²) in [7, 11) is 0. The highest BCUT2D eigenvalue weighted by atomic mass is 16.1. The maximum Gasteiger partial charge on any atom is 0.163 e. The molecule has 3 atom stereocenters. The highest BCUT2D eigenvalue weighted by molar-refractivity contribution is 5.99. The first-order chi connectivity index (χ1) is 8.29. The molecule has 4 rings (SSSR count). The van der Waals surface area contributed by atoms with Crippen LogP contribution in [0.3, 0.4) is 0 Å². The lowest BCUT2D eigenvalue weighted by Gasteiger charge is -2.40. The molecule has 1 aromatic rings. The van der Waals surface area contributed by atoms with Crippen molar-refractivity contribution in [1.82, 2.24) is 0 Å². The molecular weight excluding hydrogens is 208 g/mol. The molecule has 1 saturated carbocycles. The van der Waals surface area contributed by atoms with E-state index in [1.807, 2.05) is 12.1 Å². The van der Waals surface area contributed by atoms with Gasteiger partial charge in [-0.1, -0.05) is 36.4 Å². The number of Topliss-reactive ketones (excluding diaryl/α,β-unsaturated/α-hetero) is 1. The molecule has 1 aromatic carbocycles. The Balaban J connectivity index is 1.92. The van der Waals surface area contributed by atoms with Gasteiger partial charge in [-0.25, -0.2) is 0 Å². The fraction of sp³-hybridized carbons (Fsp3) is 0.438. The zero-order valence-corrected chi connectivity index (χ0v) is 9.86. The van der Waals surface area contributed by atoms with Gasteiger partial charge in [0.05, 0.1) is 0 Å². The van der Waals surface area contributed by atoms with Crippen molar-refractivity contribution in [3.05, 3.63) is 47.5 Å². The second-order valence-corrected chi connectivity index (χ2v) is 5.82. The lowest BCUT2D eigenvalue weighted by molar-refractivity contribution is 0.0944. The molecule has 17 heavy (non-hydrogen) atoms. The number of allylic oxidation sites excluding steroid dienone is 2. The summed E-state index contributed by atoms with van der Waals surface area (Å²) in [5.41, 5.74) is 2.64. The lowest BCUT2D eigenvalue weighted by atomic mass is 9.63. The Hall–Kier alpha value is -1.37. The summed E-state index contributed by atoms with van der Waals surface area (Å²) >= 11 is 0. The largest absolute Gasteiger partial charge is 0.294 e. The molecular formula is C16H16O. The number of carbonyl (C=O) groups is 1. The third-order valence-corrected chi connectivity index (χ3v) is 5.07. The van der Waals surface area contributed by atoms with Gasteiger partial charge in [0.2, 0.25) is 0 Å². The van der Waals surface area contributed by atoms with Crippen LogP contribution in [0.15, 0.2) is 36.4 Å². The Morgan fingerprint density at radius 1 is 1.18 bits per heavy atom. The molecule has 0 amide bonds. The Morgan fingerprint density at radius 3 is 2.82 bits per heavy atom. The van der Waals surface area contributed by atoms with Crippen LogP contribution < -0.4 is 0 Å². The number of fused-ring (bicyclic) bond motifs is 5. The molecule has 0 N–H and O–H groups in total. The number of rotatable bonds is 0. The van der Waals surface area contributed by atoms with Crippen LogP contribution in [-0.2, 0) is 5.41 Å². The molecule has 0 saturated heterocycles. The van der Waals surface area contributed by atoms with E-state index >= 15 is 0 Å². The van der Waals surface area contributed by atoms with Crippen LogP contribution in [0.4, 0.5) is 0 Å². The minimum atomic E-state index is 0.296. The number of ketones is 1. The van der Waals surface area contributed by atoms with Gasteiger partial charge in [0.1, 0.15) is 0 Å². The van der Waals surface area contributed by atoms with E-state index < -0.39 is 0 Å². The normalized spacial score (nSPS) is 37.8. The predicted molar refractivity (Wildman–Crippen MR) is 67.0 cm³/mol. The van der Waals surface area contributed by atoms with E-state index in [-0.39, 0.29) is 0 Å². The van der Waals surface area contributed by atoms with Crippen molar-refractivity contribution in [1.29, 1.82) is 0 Å². The van der Waals surface area contributed by atoms with Crippen LogP contribution in [0.2, 0.25) is 0 Å². The Morgan fingerprint density at radius 2 is 2.06 bits per heavy atom. The number of benzene rings is 1. The van der Waals surface area contributed by atoms with E-state index in [4.69, 9.17) is 0 Å². The number of hydrogen-bond donors (Lipinski definition) is 0. The topological polar surface area (TPSA) is 17.1 Å². The van der Waals surface area contributed by atoms with E-state index in [1.54, 1.807) is 0 Å². The predicted octanol–water partition coefficient (Wildman–Crippen LogP) is 3.50. The molecule has 1 spiro atoms. The van der Waals surface area contributed by atoms with Crippen molar-refractivity contribution < 1.29 is 4.79 Å². The fourth-order valence-electron chi connectivity index (χ4n) is 4.32. The first kappa shape index (κ1) is 9.64. The maximum atomic E-state index is 12.0. The molecule has 0 aliphatic heterocycles. The summed E-state index contributed by atoms with van der Waals surface area (Å²) < 4.78 is 0. The third-order valence-electron chi connectivity index (χ3n) is 5.07. The maximum absolute atomic E-state index is 12.0. The summed E-state index contributed by atoms with van der Waals surface area (Å²) in [6.07, 6.45) is 9.17. The van der Waals surface area contributed by atoms with Gasteiger partial charge in [-0.15, -0.1) is 0 Å². The second-order valence-electron chi connectivity index (χ2n) is 5.82. The minimum absolute atomic E-state index is 0.296. The van der Waals surface area contributed by atoms with E-state index in [1.165, 1.54) is 18.4 Å². The van der Waals surface area contributed by atoms with E-state index in [0.29, 0.717) is 17.1 Å². The average Bonchev–Trinajstić information content (AvgIpc) is 2.96. The highest BCUT2D eigenvalue weighted by Crippen LogP contribution is 2.57. The van der Waals surface area contributed by atoms with Gasteiger partial charge >= 0.3 is 0 Å². The second kappa shape index (κ2) is 3.10. The Labute approximate surface area is 102 Å². The molecule has 3 unspecified atom stereocenters. The SMILES string of the molecule is O=C1CCC2(CC3C=CC2C3)c2ccccc21. The van der Waals surface area contributed by atoms with Gasteiger partial charge in [0.25, 0.3) is 0 Å². The van der Waals surface area contributed by atoms with Crippen molar-refractivity contribution in [2.24, 2.45) is 11.8 Å². The smallest absolute Gasteiger partial charge is 0.163 e. The summed E-state index contributed by atoms with van der Waals surface area (Å²) in [4.78, 5) is 12.0. The van der Waals surface area contributed by atoms with Gasteiger partial charge in [0.15, 0.2) is 5.78 Å². The fourth-order valence-corrected chi connectivity index (χ4v) is 4.32. The van der Waals surface area contributed by atoms with Crippen LogP contribution >= 0.6 is 0 Å². The molecule has 0 heterocycles. The van der Waals surface area contributed by atoms with Crippen molar-refractivity contribution in [3.8, 4) is 0 Å². The summed E-state index contributed by atoms with van der Waals surface area (Å²) in [6, 6.07) is 8.31. The number of carbonyl (C=O) groups excluding carboxylic acids is 1. The molecule has 86 valence electrons. The van der Waals surface area contributed by atoms with E-state index in [0.717, 1.165) is 24.3 Å². The number of hydrogen-bond acceptors (Lipinski definition) is 1. The van der Waals surface area contributed by atoms with Crippen molar-refractivity contribution in [2.45, 2.75) is 31.1 Å². The van der Waals surface area contributed by atoms with Gasteiger partial charge in [0, 0.05) is 17.4 Å². The first-order valence-electron chi connectivity index (χ1n) is 6.61. The lowest BCUT2D eigenvalue weighted by Crippen LogP contribution is -2.36. The highest BCUT2D eigenvalue weighted by Gasteiger charge is 2.51. The molecule has 2 bridgehead atoms. The average molecular weight is 224 g/mol. The van der Waals surface area contributed by atoms with Crippen LogP contribution in [0.5, 0.6) is 0 Å². The van der Waals surface area contributed by atoms with Crippen LogP contribution in [0.1, 0.15) is 41.6 Å². The monoisotopic (exact) mass is 224 g/mol. The minimum Gasteiger partial charge on any atom is -0.294 e. The van der Waals surface area contributed by atoms with Crippen molar-refractivity contribution in [3.63, 3.8) is 0 Å². The Kier molecular flexibility index (Phi) is 1.76. The molecule has 3 aliphatic rings. The molecule has 3 aliphatic carbocycles. The summed E-state index contributed by atoms with van der Waals surface area (Å²) in [5.74, 6) is 1.79. The van der Waals surface area contributed by atoms with Crippen LogP contribution in [-0.4, -0.2) is 5.78 Å². The van der Waals surface area contributed by atoms with Crippen LogP contribution in [0.25, 0.3) is 0 Å². The van der Waals surface area contributed by atoms with Crippen LogP contribution in [0, 0.1) is 11.8 Å². The first-order valence-corrected chi connectivity index (χ1v) is 6.61. The quantitative estimate of drug-likeness (QED) is 0.616. The van der Waals surface area contributed by atoms with E-state index in [9.17, 15) is 4.79 Å². The summed E-state index contributed by atoms with van der Waals surface area (Å²) in [5, 5.41) is 0. The zero-order chi connectivity index (χ0) is 11.5. The van der Waals surface area contributed by atoms with Gasteiger partial charge in [-0.3, -0.25) is 4.79 Å². The zero-order valence-electron chi connectivity index (χ0n) is 9.86.